The molecule has 0 bridgehead atoms. The number of rotatable bonds is 0. The van der Waals surface area contributed by atoms with Gasteiger partial charge in [-0.05, 0) is 36.2 Å². The SMILES string of the molecule is CC1(C)CCC(O)C23C(=O)OC4OCC(=CCC12)C43. The number of aliphatic hydroxyl groups is 1. The van der Waals surface area contributed by atoms with Crippen molar-refractivity contribution in [3.63, 3.8) is 0 Å². The molecule has 2 aliphatic carbocycles. The molecule has 2 aliphatic heterocycles. The van der Waals surface area contributed by atoms with E-state index in [-0.39, 0.29) is 23.2 Å². The lowest BCUT2D eigenvalue weighted by Crippen LogP contribution is -2.59. The lowest BCUT2D eigenvalue weighted by atomic mass is 9.47. The summed E-state index contributed by atoms with van der Waals surface area (Å²) in [5.41, 5.74) is 0.453. The predicted molar refractivity (Wildman–Crippen MR) is 67.0 cm³/mol. The van der Waals surface area contributed by atoms with Crippen LogP contribution < -0.4 is 0 Å². The molecule has 104 valence electrons. The van der Waals surface area contributed by atoms with E-state index in [9.17, 15) is 9.90 Å². The fourth-order valence-electron chi connectivity index (χ4n) is 4.98. The highest BCUT2D eigenvalue weighted by Gasteiger charge is 2.72. The summed E-state index contributed by atoms with van der Waals surface area (Å²) in [6, 6.07) is 0. The zero-order valence-corrected chi connectivity index (χ0v) is 11.4. The lowest BCUT2D eigenvalue weighted by Gasteiger charge is -2.54. The molecule has 0 radical (unpaired) electrons. The van der Waals surface area contributed by atoms with Gasteiger partial charge >= 0.3 is 5.97 Å². The maximum atomic E-state index is 12.6. The molecule has 2 heterocycles. The van der Waals surface area contributed by atoms with Crippen molar-refractivity contribution in [2.75, 3.05) is 6.61 Å². The largest absolute Gasteiger partial charge is 0.435 e. The highest BCUT2D eigenvalue weighted by molar-refractivity contribution is 5.82. The first-order chi connectivity index (χ1) is 8.98. The molecule has 4 heteroatoms. The number of hydrogen-bond acceptors (Lipinski definition) is 4. The topological polar surface area (TPSA) is 55.8 Å². The van der Waals surface area contributed by atoms with Gasteiger partial charge in [0.15, 0.2) is 0 Å². The molecule has 4 aliphatic rings. The molecular weight excluding hydrogens is 244 g/mol. The van der Waals surface area contributed by atoms with Crippen LogP contribution in [0.15, 0.2) is 11.6 Å². The molecule has 19 heavy (non-hydrogen) atoms. The van der Waals surface area contributed by atoms with E-state index in [1.54, 1.807) is 0 Å². The standard InChI is InChI=1S/C15H20O4/c1-14(2)6-5-10(16)15-9(14)4-3-8-7-18-12(11(8)15)19-13(15)17/h3,9-12,16H,4-7H2,1-2H3. The van der Waals surface area contributed by atoms with Crippen molar-refractivity contribution in [3.8, 4) is 0 Å². The highest BCUT2D eigenvalue weighted by atomic mass is 16.7. The third kappa shape index (κ3) is 1.20. The molecule has 0 aromatic carbocycles. The molecule has 0 aromatic rings. The molecule has 4 nitrogen and oxygen atoms in total. The van der Waals surface area contributed by atoms with Crippen LogP contribution in [0.4, 0.5) is 0 Å². The molecule has 0 amide bonds. The van der Waals surface area contributed by atoms with Gasteiger partial charge in [0.1, 0.15) is 5.41 Å². The van der Waals surface area contributed by atoms with Crippen LogP contribution >= 0.6 is 0 Å². The number of esters is 1. The quantitative estimate of drug-likeness (QED) is 0.533. The Kier molecular flexibility index (Phi) is 2.14. The van der Waals surface area contributed by atoms with Crippen LogP contribution in [0, 0.1) is 22.7 Å². The van der Waals surface area contributed by atoms with E-state index in [4.69, 9.17) is 9.47 Å². The third-order valence-corrected chi connectivity index (χ3v) is 5.93. The summed E-state index contributed by atoms with van der Waals surface area (Å²) in [7, 11) is 0. The van der Waals surface area contributed by atoms with E-state index in [1.807, 2.05) is 0 Å². The number of aliphatic hydroxyl groups excluding tert-OH is 1. The summed E-state index contributed by atoms with van der Waals surface area (Å²) in [5.74, 6) is -0.150. The second kappa shape index (κ2) is 3.41. The third-order valence-electron chi connectivity index (χ3n) is 5.93. The van der Waals surface area contributed by atoms with E-state index in [0.29, 0.717) is 13.0 Å². The van der Waals surface area contributed by atoms with Crippen molar-refractivity contribution in [2.45, 2.75) is 45.5 Å². The highest BCUT2D eigenvalue weighted by Crippen LogP contribution is 2.65. The fourth-order valence-corrected chi connectivity index (χ4v) is 4.98. The molecule has 1 N–H and O–H groups in total. The Bertz CT molecular complexity index is 481. The Morgan fingerprint density at radius 1 is 1.42 bits per heavy atom. The second-order valence-electron chi connectivity index (χ2n) is 7.11. The first-order valence-electron chi connectivity index (χ1n) is 7.17. The maximum absolute atomic E-state index is 12.6. The van der Waals surface area contributed by atoms with Gasteiger partial charge in [0.2, 0.25) is 6.29 Å². The average molecular weight is 264 g/mol. The Balaban J connectivity index is 1.93. The number of allylic oxidation sites excluding steroid dienone is 1. The van der Waals surface area contributed by atoms with E-state index in [1.165, 1.54) is 0 Å². The van der Waals surface area contributed by atoms with Gasteiger partial charge in [-0.3, -0.25) is 4.79 Å². The first-order valence-corrected chi connectivity index (χ1v) is 7.17. The minimum absolute atomic E-state index is 0.0533. The van der Waals surface area contributed by atoms with Gasteiger partial charge in [-0.1, -0.05) is 19.9 Å². The summed E-state index contributed by atoms with van der Waals surface area (Å²) < 4.78 is 11.1. The van der Waals surface area contributed by atoms with E-state index in [0.717, 1.165) is 18.4 Å². The van der Waals surface area contributed by atoms with E-state index >= 15 is 0 Å². The van der Waals surface area contributed by atoms with Crippen molar-refractivity contribution < 1.29 is 19.4 Å². The monoisotopic (exact) mass is 264 g/mol. The second-order valence-corrected chi connectivity index (χ2v) is 7.11. The molecule has 5 atom stereocenters. The zero-order chi connectivity index (χ0) is 13.4. The van der Waals surface area contributed by atoms with Gasteiger partial charge in [0.25, 0.3) is 0 Å². The summed E-state index contributed by atoms with van der Waals surface area (Å²) in [4.78, 5) is 12.6. The minimum atomic E-state index is -0.757. The van der Waals surface area contributed by atoms with Crippen molar-refractivity contribution in [2.24, 2.45) is 22.7 Å². The zero-order valence-electron chi connectivity index (χ0n) is 11.4. The van der Waals surface area contributed by atoms with Gasteiger partial charge in [-0.25, -0.2) is 0 Å². The Labute approximate surface area is 112 Å². The molecule has 4 rings (SSSR count). The van der Waals surface area contributed by atoms with Crippen molar-refractivity contribution in [3.05, 3.63) is 11.6 Å². The number of ether oxygens (including phenoxy) is 2. The first kappa shape index (κ1) is 11.9. The lowest BCUT2D eigenvalue weighted by molar-refractivity contribution is -0.177. The number of carbonyl (C=O) groups excluding carboxylic acids is 1. The fraction of sp³-hybridized carbons (Fsp3) is 0.800. The van der Waals surface area contributed by atoms with Crippen LogP contribution in [0.25, 0.3) is 0 Å². The van der Waals surface area contributed by atoms with E-state index < -0.39 is 17.8 Å². The summed E-state index contributed by atoms with van der Waals surface area (Å²) in [6.07, 6.45) is 3.63. The summed E-state index contributed by atoms with van der Waals surface area (Å²) >= 11 is 0. The van der Waals surface area contributed by atoms with E-state index in [2.05, 4.69) is 19.9 Å². The minimum Gasteiger partial charge on any atom is -0.435 e. The molecule has 1 saturated carbocycles. The predicted octanol–water partition coefficient (Wildman–Crippen LogP) is 1.63. The van der Waals surface area contributed by atoms with Crippen LogP contribution in [0.2, 0.25) is 0 Å². The van der Waals surface area contributed by atoms with Gasteiger partial charge in [0.05, 0.1) is 18.6 Å². The van der Waals surface area contributed by atoms with Crippen LogP contribution in [-0.4, -0.2) is 30.1 Å². The van der Waals surface area contributed by atoms with Gasteiger partial charge in [0, 0.05) is 0 Å². The van der Waals surface area contributed by atoms with Gasteiger partial charge in [-0.2, -0.15) is 0 Å². The average Bonchev–Trinajstić information content (AvgIpc) is 2.89. The van der Waals surface area contributed by atoms with Crippen molar-refractivity contribution in [1.82, 2.24) is 0 Å². The molecule has 3 fully saturated rings. The van der Waals surface area contributed by atoms with Crippen molar-refractivity contribution in [1.29, 1.82) is 0 Å². The molecular formula is C15H20O4. The van der Waals surface area contributed by atoms with Crippen molar-refractivity contribution >= 4 is 5.97 Å². The number of carbonyl (C=O) groups is 1. The Hall–Kier alpha value is -0.870. The summed E-state index contributed by atoms with van der Waals surface area (Å²) in [6.45, 7) is 4.96. The summed E-state index contributed by atoms with van der Waals surface area (Å²) in [5, 5.41) is 10.6. The van der Waals surface area contributed by atoms with Gasteiger partial charge < -0.3 is 14.6 Å². The van der Waals surface area contributed by atoms with Crippen LogP contribution in [0.1, 0.15) is 33.1 Å². The smallest absolute Gasteiger partial charge is 0.318 e. The maximum Gasteiger partial charge on any atom is 0.318 e. The Morgan fingerprint density at radius 2 is 2.21 bits per heavy atom. The Morgan fingerprint density at radius 3 is 3.00 bits per heavy atom. The molecule has 1 spiro atoms. The molecule has 0 aromatic heterocycles. The number of hydrogen-bond donors (Lipinski definition) is 1. The van der Waals surface area contributed by atoms with Crippen LogP contribution in [-0.2, 0) is 14.3 Å². The normalized spacial score (nSPS) is 50.3. The van der Waals surface area contributed by atoms with Crippen LogP contribution in [0.5, 0.6) is 0 Å². The van der Waals surface area contributed by atoms with Crippen LogP contribution in [0.3, 0.4) is 0 Å². The molecule has 5 unspecified atom stereocenters. The van der Waals surface area contributed by atoms with Gasteiger partial charge in [-0.15, -0.1) is 0 Å². The molecule has 2 saturated heterocycles.